The lowest BCUT2D eigenvalue weighted by Gasteiger charge is -2.03. The molecule has 1 rings (SSSR count). The molecule has 15 heavy (non-hydrogen) atoms. The summed E-state index contributed by atoms with van der Waals surface area (Å²) in [5.74, 6) is -0.269. The van der Waals surface area contributed by atoms with Crippen molar-refractivity contribution < 1.29 is 18.7 Å². The van der Waals surface area contributed by atoms with Gasteiger partial charge in [-0.3, -0.25) is 4.57 Å². The summed E-state index contributed by atoms with van der Waals surface area (Å²) in [7, 11) is -3.85. The lowest BCUT2D eigenvalue weighted by atomic mass is 10.1. The summed E-state index contributed by atoms with van der Waals surface area (Å²) in [6.45, 7) is 0. The maximum absolute atomic E-state index is 12.5. The molecule has 5 heteroatoms. The Kier molecular flexibility index (Phi) is 4.45. The molecule has 0 fully saturated rings. The number of unbranched alkanes of at least 4 members (excludes halogenated alkanes) is 1. The van der Waals surface area contributed by atoms with Crippen molar-refractivity contribution in [1.82, 2.24) is 0 Å². The molecule has 0 aliphatic rings. The molecule has 0 unspecified atom stereocenters. The van der Waals surface area contributed by atoms with Gasteiger partial charge in [0.1, 0.15) is 5.82 Å². The molecule has 0 spiro atoms. The van der Waals surface area contributed by atoms with Crippen LogP contribution >= 0.6 is 7.60 Å². The second kappa shape index (κ2) is 5.40. The summed E-state index contributed by atoms with van der Waals surface area (Å²) in [5, 5.41) is 0. The van der Waals surface area contributed by atoms with Gasteiger partial charge in [0, 0.05) is 6.16 Å². The standard InChI is InChI=1S/C10H14FO3P/c11-10-6-4-9(5-7-10)3-1-2-8-15(12,13)14/h4-7H,1-3,8H2,(H2,12,13,14). The Balaban J connectivity index is 2.26. The Labute approximate surface area is 88.1 Å². The first-order chi connectivity index (χ1) is 6.97. The second-order valence-corrected chi connectivity index (χ2v) is 5.25. The zero-order chi connectivity index (χ0) is 11.3. The fraction of sp³-hybridized carbons (Fsp3) is 0.400. The highest BCUT2D eigenvalue weighted by Gasteiger charge is 2.11. The van der Waals surface area contributed by atoms with Crippen LogP contribution in [0.2, 0.25) is 0 Å². The maximum Gasteiger partial charge on any atom is 0.325 e. The third-order valence-corrected chi connectivity index (χ3v) is 2.98. The largest absolute Gasteiger partial charge is 0.325 e. The third kappa shape index (κ3) is 5.67. The molecule has 0 aliphatic heterocycles. The molecule has 0 atom stereocenters. The van der Waals surface area contributed by atoms with E-state index in [0.29, 0.717) is 12.8 Å². The highest BCUT2D eigenvalue weighted by Crippen LogP contribution is 2.35. The molecule has 3 nitrogen and oxygen atoms in total. The minimum Gasteiger partial charge on any atom is -0.324 e. The molecule has 0 saturated carbocycles. The van der Waals surface area contributed by atoms with Gasteiger partial charge in [0.15, 0.2) is 0 Å². The third-order valence-electron chi connectivity index (χ3n) is 2.08. The van der Waals surface area contributed by atoms with E-state index in [4.69, 9.17) is 9.79 Å². The molecule has 1 aromatic carbocycles. The molecule has 0 heterocycles. The topological polar surface area (TPSA) is 57.5 Å². The second-order valence-electron chi connectivity index (χ2n) is 3.47. The van der Waals surface area contributed by atoms with E-state index in [0.717, 1.165) is 12.0 Å². The molecule has 0 radical (unpaired) electrons. The predicted molar refractivity (Wildman–Crippen MR) is 56.2 cm³/mol. The summed E-state index contributed by atoms with van der Waals surface area (Å²) in [6.07, 6.45) is 1.84. The van der Waals surface area contributed by atoms with Gasteiger partial charge < -0.3 is 9.79 Å². The van der Waals surface area contributed by atoms with E-state index >= 15 is 0 Å². The number of halogens is 1. The Morgan fingerprint density at radius 1 is 1.13 bits per heavy atom. The predicted octanol–water partition coefficient (Wildman–Crippen LogP) is 2.33. The molecule has 84 valence electrons. The Bertz CT molecular complexity index is 344. The minimum atomic E-state index is -3.85. The van der Waals surface area contributed by atoms with Crippen LogP contribution in [0.25, 0.3) is 0 Å². The zero-order valence-corrected chi connectivity index (χ0v) is 9.16. The van der Waals surface area contributed by atoms with Crippen molar-refractivity contribution in [2.75, 3.05) is 6.16 Å². The van der Waals surface area contributed by atoms with Crippen molar-refractivity contribution in [3.63, 3.8) is 0 Å². The van der Waals surface area contributed by atoms with Gasteiger partial charge in [-0.05, 0) is 37.0 Å². The molecule has 0 amide bonds. The van der Waals surface area contributed by atoms with Crippen LogP contribution in [0.5, 0.6) is 0 Å². The first kappa shape index (κ1) is 12.4. The molecule has 2 N–H and O–H groups in total. The quantitative estimate of drug-likeness (QED) is 0.605. The van der Waals surface area contributed by atoms with Gasteiger partial charge in [0.05, 0.1) is 0 Å². The van der Waals surface area contributed by atoms with Crippen LogP contribution in [0, 0.1) is 5.82 Å². The van der Waals surface area contributed by atoms with Crippen LogP contribution in [0.4, 0.5) is 4.39 Å². The minimum absolute atomic E-state index is 0.0752. The van der Waals surface area contributed by atoms with E-state index in [-0.39, 0.29) is 12.0 Å². The molecular formula is C10H14FO3P. The van der Waals surface area contributed by atoms with Crippen LogP contribution in [0.3, 0.4) is 0 Å². The molecule has 0 aliphatic carbocycles. The molecular weight excluding hydrogens is 218 g/mol. The first-order valence-corrected chi connectivity index (χ1v) is 6.56. The van der Waals surface area contributed by atoms with Crippen LogP contribution in [0.15, 0.2) is 24.3 Å². The van der Waals surface area contributed by atoms with Crippen molar-refractivity contribution >= 4 is 7.60 Å². The number of benzene rings is 1. The number of hydrogen-bond donors (Lipinski definition) is 2. The molecule has 1 aromatic rings. The summed E-state index contributed by atoms with van der Waals surface area (Å²) >= 11 is 0. The highest BCUT2D eigenvalue weighted by molar-refractivity contribution is 7.51. The van der Waals surface area contributed by atoms with Gasteiger partial charge >= 0.3 is 7.60 Å². The van der Waals surface area contributed by atoms with E-state index in [1.165, 1.54) is 12.1 Å². The Morgan fingerprint density at radius 2 is 1.73 bits per heavy atom. The molecule has 0 bridgehead atoms. The smallest absolute Gasteiger partial charge is 0.324 e. The summed E-state index contributed by atoms with van der Waals surface area (Å²) in [6, 6.07) is 6.15. The van der Waals surface area contributed by atoms with Crippen molar-refractivity contribution in [2.24, 2.45) is 0 Å². The Hall–Kier alpha value is -0.700. The van der Waals surface area contributed by atoms with Crippen LogP contribution in [-0.2, 0) is 11.0 Å². The van der Waals surface area contributed by atoms with Gasteiger partial charge in [-0.2, -0.15) is 0 Å². The number of hydrogen-bond acceptors (Lipinski definition) is 1. The number of rotatable bonds is 5. The first-order valence-electron chi connectivity index (χ1n) is 4.76. The average Bonchev–Trinajstić information content (AvgIpc) is 2.14. The molecule has 0 aromatic heterocycles. The summed E-state index contributed by atoms with van der Waals surface area (Å²) < 4.78 is 23.1. The van der Waals surface area contributed by atoms with E-state index in [1.54, 1.807) is 12.1 Å². The van der Waals surface area contributed by atoms with E-state index < -0.39 is 7.60 Å². The molecule has 0 saturated heterocycles. The summed E-state index contributed by atoms with van der Waals surface area (Å²) in [5.41, 5.74) is 0.988. The van der Waals surface area contributed by atoms with Crippen molar-refractivity contribution in [2.45, 2.75) is 19.3 Å². The van der Waals surface area contributed by atoms with Gasteiger partial charge in [-0.1, -0.05) is 12.1 Å². The average molecular weight is 232 g/mol. The van der Waals surface area contributed by atoms with Crippen molar-refractivity contribution in [3.8, 4) is 0 Å². The fourth-order valence-corrected chi connectivity index (χ4v) is 1.93. The van der Waals surface area contributed by atoms with Gasteiger partial charge in [0.25, 0.3) is 0 Å². The van der Waals surface area contributed by atoms with Crippen molar-refractivity contribution in [3.05, 3.63) is 35.6 Å². The van der Waals surface area contributed by atoms with Gasteiger partial charge in [-0.25, -0.2) is 4.39 Å². The maximum atomic E-state index is 12.5. The monoisotopic (exact) mass is 232 g/mol. The number of aryl methyl sites for hydroxylation is 1. The van der Waals surface area contributed by atoms with Gasteiger partial charge in [-0.15, -0.1) is 0 Å². The van der Waals surface area contributed by atoms with Crippen LogP contribution in [0.1, 0.15) is 18.4 Å². The fourth-order valence-electron chi connectivity index (χ4n) is 1.30. The van der Waals surface area contributed by atoms with E-state index in [1.807, 2.05) is 0 Å². The normalized spacial score (nSPS) is 11.7. The van der Waals surface area contributed by atoms with E-state index in [2.05, 4.69) is 0 Å². The van der Waals surface area contributed by atoms with Crippen LogP contribution in [-0.4, -0.2) is 15.9 Å². The summed E-state index contributed by atoms with van der Waals surface area (Å²) in [4.78, 5) is 17.2. The lowest BCUT2D eigenvalue weighted by Crippen LogP contribution is -1.91. The SMILES string of the molecule is O=P(O)(O)CCCCc1ccc(F)cc1. The van der Waals surface area contributed by atoms with E-state index in [9.17, 15) is 8.96 Å². The zero-order valence-electron chi connectivity index (χ0n) is 8.27. The van der Waals surface area contributed by atoms with Crippen LogP contribution < -0.4 is 0 Å². The van der Waals surface area contributed by atoms with Crippen molar-refractivity contribution in [1.29, 1.82) is 0 Å². The van der Waals surface area contributed by atoms with Gasteiger partial charge in [0.2, 0.25) is 0 Å². The highest BCUT2D eigenvalue weighted by atomic mass is 31.2. The lowest BCUT2D eigenvalue weighted by molar-refractivity contribution is 0.371. The Morgan fingerprint density at radius 3 is 2.27 bits per heavy atom.